The smallest absolute Gasteiger partial charge is 0.264 e. The van der Waals surface area contributed by atoms with Crippen molar-refractivity contribution in [1.29, 1.82) is 0 Å². The molecule has 0 atom stereocenters. The van der Waals surface area contributed by atoms with Gasteiger partial charge in [0.05, 0.1) is 13.2 Å². The molecule has 7 nitrogen and oxygen atoms in total. The van der Waals surface area contributed by atoms with Crippen LogP contribution >= 0.6 is 0 Å². The number of nitrogens with zero attached hydrogens (tertiary/aromatic N) is 3. The van der Waals surface area contributed by atoms with Gasteiger partial charge in [-0.2, -0.15) is 0 Å². The van der Waals surface area contributed by atoms with Gasteiger partial charge in [0.25, 0.3) is 5.56 Å². The van der Waals surface area contributed by atoms with Crippen molar-refractivity contribution in [3.63, 3.8) is 0 Å². The van der Waals surface area contributed by atoms with Crippen molar-refractivity contribution in [3.8, 4) is 0 Å². The molecule has 3 rings (SSSR count). The summed E-state index contributed by atoms with van der Waals surface area (Å²) < 4.78 is 12.1. The van der Waals surface area contributed by atoms with Crippen LogP contribution in [0.15, 0.2) is 15.5 Å². The molecule has 2 aromatic heterocycles. The molecule has 22 heavy (non-hydrogen) atoms. The number of fused-ring (bicyclic) bond motifs is 1. The highest BCUT2D eigenvalue weighted by Gasteiger charge is 2.18. The molecule has 1 fully saturated rings. The molecule has 0 radical (unpaired) electrons. The molecule has 1 amide bonds. The quantitative estimate of drug-likeness (QED) is 0.840. The maximum atomic E-state index is 12.5. The third kappa shape index (κ3) is 2.64. The molecule has 0 unspecified atom stereocenters. The minimum absolute atomic E-state index is 0.0374. The summed E-state index contributed by atoms with van der Waals surface area (Å²) >= 11 is 0. The van der Waals surface area contributed by atoms with Crippen LogP contribution in [-0.2, 0) is 16.1 Å². The highest BCUT2D eigenvalue weighted by Crippen LogP contribution is 2.19. The molecular weight excluding hydrogens is 286 g/mol. The summed E-state index contributed by atoms with van der Waals surface area (Å²) in [4.78, 5) is 30.5. The van der Waals surface area contributed by atoms with Crippen molar-refractivity contribution in [2.75, 3.05) is 26.3 Å². The monoisotopic (exact) mass is 305 g/mol. The standard InChI is InChI=1S/C15H19N3O4/c1-10-11(2)22-14-13(10)15(20)18(9-16-14)4-3-12(19)17-5-7-21-8-6-17/h9H,3-8H2,1-2H3. The van der Waals surface area contributed by atoms with Crippen LogP contribution in [0, 0.1) is 13.8 Å². The lowest BCUT2D eigenvalue weighted by atomic mass is 10.2. The van der Waals surface area contributed by atoms with Crippen LogP contribution in [0.4, 0.5) is 0 Å². The average Bonchev–Trinajstić information content (AvgIpc) is 2.83. The summed E-state index contributed by atoms with van der Waals surface area (Å²) in [7, 11) is 0. The van der Waals surface area contributed by atoms with E-state index in [1.165, 1.54) is 10.9 Å². The molecule has 7 heteroatoms. The first-order valence-electron chi connectivity index (χ1n) is 7.38. The Morgan fingerprint density at radius 1 is 1.32 bits per heavy atom. The van der Waals surface area contributed by atoms with Gasteiger partial charge in [0.1, 0.15) is 17.5 Å². The van der Waals surface area contributed by atoms with E-state index >= 15 is 0 Å². The van der Waals surface area contributed by atoms with Gasteiger partial charge in [-0.05, 0) is 13.8 Å². The second-order valence-electron chi connectivity index (χ2n) is 5.45. The number of hydrogen-bond donors (Lipinski definition) is 0. The Bertz CT molecular complexity index is 756. The van der Waals surface area contributed by atoms with Crippen molar-refractivity contribution in [2.24, 2.45) is 0 Å². The molecule has 0 N–H and O–H groups in total. The minimum atomic E-state index is -0.158. The number of ether oxygens (including phenoxy) is 1. The van der Waals surface area contributed by atoms with Crippen molar-refractivity contribution in [2.45, 2.75) is 26.8 Å². The van der Waals surface area contributed by atoms with Crippen molar-refractivity contribution >= 4 is 17.0 Å². The molecule has 2 aromatic rings. The van der Waals surface area contributed by atoms with Gasteiger partial charge in [-0.15, -0.1) is 0 Å². The van der Waals surface area contributed by atoms with Crippen LogP contribution in [0.25, 0.3) is 11.1 Å². The van der Waals surface area contributed by atoms with E-state index in [1.807, 2.05) is 13.8 Å². The molecule has 1 saturated heterocycles. The molecule has 0 aliphatic carbocycles. The first-order valence-corrected chi connectivity index (χ1v) is 7.38. The molecule has 118 valence electrons. The van der Waals surface area contributed by atoms with E-state index in [9.17, 15) is 9.59 Å². The van der Waals surface area contributed by atoms with Crippen LogP contribution in [0.2, 0.25) is 0 Å². The van der Waals surface area contributed by atoms with E-state index in [1.54, 1.807) is 4.90 Å². The lowest BCUT2D eigenvalue weighted by Crippen LogP contribution is -2.41. The number of carbonyl (C=O) groups is 1. The topological polar surface area (TPSA) is 77.6 Å². The molecule has 0 saturated carbocycles. The van der Waals surface area contributed by atoms with Crippen LogP contribution in [0.3, 0.4) is 0 Å². The van der Waals surface area contributed by atoms with Gasteiger partial charge in [-0.1, -0.05) is 0 Å². The Balaban J connectivity index is 1.76. The molecule has 0 bridgehead atoms. The molecule has 3 heterocycles. The first-order chi connectivity index (χ1) is 10.6. The fraction of sp³-hybridized carbons (Fsp3) is 0.533. The molecular formula is C15H19N3O4. The summed E-state index contributed by atoms with van der Waals surface area (Å²) in [6.45, 7) is 6.35. The van der Waals surface area contributed by atoms with Gasteiger partial charge in [0, 0.05) is 31.6 Å². The zero-order valence-corrected chi connectivity index (χ0v) is 12.8. The van der Waals surface area contributed by atoms with E-state index in [-0.39, 0.29) is 17.9 Å². The Labute approximate surface area is 127 Å². The molecule has 0 spiro atoms. The normalized spacial score (nSPS) is 15.5. The van der Waals surface area contributed by atoms with E-state index in [2.05, 4.69) is 4.98 Å². The largest absolute Gasteiger partial charge is 0.443 e. The van der Waals surface area contributed by atoms with Gasteiger partial charge < -0.3 is 14.1 Å². The van der Waals surface area contributed by atoms with Crippen molar-refractivity contribution < 1.29 is 13.9 Å². The summed E-state index contributed by atoms with van der Waals surface area (Å²) in [6, 6.07) is 0. The fourth-order valence-corrected chi connectivity index (χ4v) is 2.62. The molecule has 0 aromatic carbocycles. The summed E-state index contributed by atoms with van der Waals surface area (Å²) in [5, 5.41) is 0.499. The van der Waals surface area contributed by atoms with Crippen LogP contribution < -0.4 is 5.56 Å². The minimum Gasteiger partial charge on any atom is -0.443 e. The number of aromatic nitrogens is 2. The zero-order chi connectivity index (χ0) is 15.7. The second kappa shape index (κ2) is 5.92. The van der Waals surface area contributed by atoms with Crippen LogP contribution in [0.1, 0.15) is 17.7 Å². The van der Waals surface area contributed by atoms with Crippen LogP contribution in [-0.4, -0.2) is 46.7 Å². The predicted molar refractivity (Wildman–Crippen MR) is 79.8 cm³/mol. The highest BCUT2D eigenvalue weighted by molar-refractivity contribution is 5.78. The summed E-state index contributed by atoms with van der Waals surface area (Å²) in [6.07, 6.45) is 1.72. The van der Waals surface area contributed by atoms with E-state index in [4.69, 9.17) is 9.15 Å². The van der Waals surface area contributed by atoms with Crippen molar-refractivity contribution in [1.82, 2.24) is 14.5 Å². The number of furan rings is 1. The maximum Gasteiger partial charge on any atom is 0.264 e. The fourth-order valence-electron chi connectivity index (χ4n) is 2.62. The average molecular weight is 305 g/mol. The summed E-state index contributed by atoms with van der Waals surface area (Å²) in [5.74, 6) is 0.733. The van der Waals surface area contributed by atoms with Gasteiger partial charge in [-0.3, -0.25) is 14.2 Å². The first kappa shape index (κ1) is 14.8. The second-order valence-corrected chi connectivity index (χ2v) is 5.45. The molecule has 1 aliphatic heterocycles. The Morgan fingerprint density at radius 2 is 2.05 bits per heavy atom. The maximum absolute atomic E-state index is 12.5. The highest BCUT2D eigenvalue weighted by atomic mass is 16.5. The number of morpholine rings is 1. The third-order valence-electron chi connectivity index (χ3n) is 4.09. The summed E-state index contributed by atoms with van der Waals surface area (Å²) in [5.41, 5.74) is 1.01. The number of carbonyl (C=O) groups excluding carboxylic acids is 1. The van der Waals surface area contributed by atoms with E-state index < -0.39 is 0 Å². The Morgan fingerprint density at radius 3 is 2.77 bits per heavy atom. The SMILES string of the molecule is Cc1oc2ncn(CCC(=O)N3CCOCC3)c(=O)c2c1C. The zero-order valence-electron chi connectivity index (χ0n) is 12.8. The van der Waals surface area contributed by atoms with E-state index in [0.29, 0.717) is 49.7 Å². The van der Waals surface area contributed by atoms with Gasteiger partial charge in [-0.25, -0.2) is 4.98 Å². The van der Waals surface area contributed by atoms with Gasteiger partial charge in [0.15, 0.2) is 0 Å². The lowest BCUT2D eigenvalue weighted by Gasteiger charge is -2.26. The van der Waals surface area contributed by atoms with E-state index in [0.717, 1.165) is 5.56 Å². The predicted octanol–water partition coefficient (Wildman–Crippen LogP) is 0.855. The van der Waals surface area contributed by atoms with Crippen LogP contribution in [0.5, 0.6) is 0 Å². The number of aryl methyl sites for hydroxylation is 3. The van der Waals surface area contributed by atoms with Gasteiger partial charge >= 0.3 is 0 Å². The number of hydrogen-bond acceptors (Lipinski definition) is 5. The molecule has 1 aliphatic rings. The Hall–Kier alpha value is -2.15. The number of amides is 1. The van der Waals surface area contributed by atoms with Gasteiger partial charge in [0.2, 0.25) is 11.6 Å². The Kier molecular flexibility index (Phi) is 3.98. The third-order valence-corrected chi connectivity index (χ3v) is 4.09. The number of rotatable bonds is 3. The van der Waals surface area contributed by atoms with Crippen molar-refractivity contribution in [3.05, 3.63) is 28.0 Å². The lowest BCUT2D eigenvalue weighted by molar-refractivity contribution is -0.135.